The van der Waals surface area contributed by atoms with Gasteiger partial charge < -0.3 is 0 Å². The molecule has 0 radical (unpaired) electrons. The lowest BCUT2D eigenvalue weighted by Gasteiger charge is -2.09. The van der Waals surface area contributed by atoms with Gasteiger partial charge in [-0.15, -0.1) is 5.10 Å². The Morgan fingerprint density at radius 1 is 1.56 bits per heavy atom. The normalized spacial score (nSPS) is 13.1. The molecule has 0 saturated carbocycles. The summed E-state index contributed by atoms with van der Waals surface area (Å²) in [6, 6.07) is 0. The molecule has 0 aromatic carbocycles. The summed E-state index contributed by atoms with van der Waals surface area (Å²) in [4.78, 5) is 15.9. The molecule has 16 heavy (non-hydrogen) atoms. The molecule has 0 aliphatic carbocycles. The molecule has 1 unspecified atom stereocenters. The summed E-state index contributed by atoms with van der Waals surface area (Å²) in [5, 5.41) is 5.11. The zero-order chi connectivity index (χ0) is 11.5. The minimum atomic E-state index is -0.100. The van der Waals surface area contributed by atoms with Crippen molar-refractivity contribution >= 4 is 21.6 Å². The van der Waals surface area contributed by atoms with Crippen LogP contribution in [-0.4, -0.2) is 24.5 Å². The first-order valence-corrected chi connectivity index (χ1v) is 6.33. The van der Waals surface area contributed by atoms with Gasteiger partial charge in [0.15, 0.2) is 5.65 Å². The van der Waals surface area contributed by atoms with Gasteiger partial charge in [-0.3, -0.25) is 4.98 Å². The highest BCUT2D eigenvalue weighted by molar-refractivity contribution is 9.09. The van der Waals surface area contributed by atoms with E-state index in [-0.39, 0.29) is 5.69 Å². The smallest absolute Gasteiger partial charge is 0.259 e. The van der Waals surface area contributed by atoms with E-state index >= 15 is 0 Å². The fourth-order valence-electron chi connectivity index (χ4n) is 1.53. The Labute approximate surface area is 101 Å². The second-order valence-electron chi connectivity index (χ2n) is 3.70. The molecule has 5 nitrogen and oxygen atoms in total. The molecule has 0 amide bonds. The van der Waals surface area contributed by atoms with Crippen LogP contribution in [0.25, 0.3) is 5.65 Å². The SMILES string of the molecule is CCC(CBr)Cn1nc2cnccn2c1=O. The fraction of sp³-hybridized carbons (Fsp3) is 0.500. The van der Waals surface area contributed by atoms with Crippen molar-refractivity contribution in [2.75, 3.05) is 5.33 Å². The Bertz CT molecular complexity index is 529. The van der Waals surface area contributed by atoms with Crippen molar-refractivity contribution in [3.05, 3.63) is 29.1 Å². The van der Waals surface area contributed by atoms with Crippen molar-refractivity contribution in [3.63, 3.8) is 0 Å². The number of aromatic nitrogens is 4. The van der Waals surface area contributed by atoms with Crippen LogP contribution in [0.2, 0.25) is 0 Å². The van der Waals surface area contributed by atoms with E-state index in [9.17, 15) is 4.79 Å². The molecular weight excluding hydrogens is 272 g/mol. The predicted octanol–water partition coefficient (Wildman–Crippen LogP) is 1.31. The summed E-state index contributed by atoms with van der Waals surface area (Å²) >= 11 is 3.44. The first-order valence-electron chi connectivity index (χ1n) is 5.21. The van der Waals surface area contributed by atoms with Crippen LogP contribution in [-0.2, 0) is 6.54 Å². The molecule has 2 aromatic rings. The largest absolute Gasteiger partial charge is 0.350 e. The third kappa shape index (κ3) is 2.02. The van der Waals surface area contributed by atoms with Gasteiger partial charge in [0.1, 0.15) is 0 Å². The van der Waals surface area contributed by atoms with Crippen LogP contribution < -0.4 is 5.69 Å². The van der Waals surface area contributed by atoms with Crippen molar-refractivity contribution in [2.45, 2.75) is 19.9 Å². The second-order valence-corrected chi connectivity index (χ2v) is 4.35. The van der Waals surface area contributed by atoms with E-state index in [4.69, 9.17) is 0 Å². The molecule has 0 N–H and O–H groups in total. The maximum Gasteiger partial charge on any atom is 0.350 e. The number of rotatable bonds is 4. The minimum absolute atomic E-state index is 0.100. The van der Waals surface area contributed by atoms with Crippen molar-refractivity contribution in [2.24, 2.45) is 5.92 Å². The Morgan fingerprint density at radius 2 is 2.38 bits per heavy atom. The van der Waals surface area contributed by atoms with Crippen LogP contribution in [0.3, 0.4) is 0 Å². The monoisotopic (exact) mass is 284 g/mol. The molecule has 0 bridgehead atoms. The number of halogens is 1. The van der Waals surface area contributed by atoms with Gasteiger partial charge in [0.05, 0.1) is 12.7 Å². The van der Waals surface area contributed by atoms with Crippen LogP contribution in [0.1, 0.15) is 13.3 Å². The Kier molecular flexibility index (Phi) is 3.38. The second kappa shape index (κ2) is 4.78. The molecule has 0 spiro atoms. The highest BCUT2D eigenvalue weighted by Crippen LogP contribution is 2.08. The predicted molar refractivity (Wildman–Crippen MR) is 64.8 cm³/mol. The van der Waals surface area contributed by atoms with Crippen molar-refractivity contribution in [1.29, 1.82) is 0 Å². The summed E-state index contributed by atoms with van der Waals surface area (Å²) in [5.74, 6) is 0.426. The van der Waals surface area contributed by atoms with Crippen LogP contribution in [0.5, 0.6) is 0 Å². The molecule has 2 heterocycles. The van der Waals surface area contributed by atoms with Crippen molar-refractivity contribution in [1.82, 2.24) is 19.2 Å². The van der Waals surface area contributed by atoms with Gasteiger partial charge in [-0.2, -0.15) is 0 Å². The van der Waals surface area contributed by atoms with E-state index < -0.39 is 0 Å². The lowest BCUT2D eigenvalue weighted by atomic mass is 10.1. The standard InChI is InChI=1S/C10H13BrN4O/c1-2-8(5-11)7-15-10(16)14-4-3-12-6-9(14)13-15/h3-4,6,8H,2,5,7H2,1H3. The first-order chi connectivity index (χ1) is 7.76. The van der Waals surface area contributed by atoms with E-state index in [0.717, 1.165) is 11.8 Å². The molecular formula is C10H13BrN4O. The van der Waals surface area contributed by atoms with E-state index in [2.05, 4.69) is 32.9 Å². The number of hydrogen-bond acceptors (Lipinski definition) is 3. The third-order valence-corrected chi connectivity index (χ3v) is 3.53. The molecule has 0 aliphatic rings. The quantitative estimate of drug-likeness (QED) is 0.796. The maximum atomic E-state index is 11.9. The molecule has 0 fully saturated rings. The highest BCUT2D eigenvalue weighted by Gasteiger charge is 2.11. The zero-order valence-corrected chi connectivity index (χ0v) is 10.6. The van der Waals surface area contributed by atoms with Crippen LogP contribution in [0.4, 0.5) is 0 Å². The topological polar surface area (TPSA) is 52.2 Å². The van der Waals surface area contributed by atoms with Gasteiger partial charge >= 0.3 is 5.69 Å². The molecule has 86 valence electrons. The molecule has 2 aromatic heterocycles. The molecule has 0 saturated heterocycles. The van der Waals surface area contributed by atoms with E-state index in [0.29, 0.717) is 18.1 Å². The Morgan fingerprint density at radius 3 is 3.00 bits per heavy atom. The summed E-state index contributed by atoms with van der Waals surface area (Å²) in [5.41, 5.74) is 0.494. The molecule has 6 heteroatoms. The number of fused-ring (bicyclic) bond motifs is 1. The zero-order valence-electron chi connectivity index (χ0n) is 9.01. The van der Waals surface area contributed by atoms with Crippen LogP contribution in [0.15, 0.2) is 23.4 Å². The summed E-state index contributed by atoms with van der Waals surface area (Å²) in [6.45, 7) is 2.75. The lowest BCUT2D eigenvalue weighted by Crippen LogP contribution is -2.25. The van der Waals surface area contributed by atoms with E-state index in [1.165, 1.54) is 9.08 Å². The number of nitrogens with zero attached hydrogens (tertiary/aromatic N) is 4. The Hall–Kier alpha value is -1.17. The van der Waals surface area contributed by atoms with Crippen molar-refractivity contribution in [3.8, 4) is 0 Å². The number of hydrogen-bond donors (Lipinski definition) is 0. The van der Waals surface area contributed by atoms with Crippen LogP contribution in [0, 0.1) is 5.92 Å². The molecule has 0 aliphatic heterocycles. The maximum absolute atomic E-state index is 11.9. The van der Waals surface area contributed by atoms with Crippen LogP contribution >= 0.6 is 15.9 Å². The average Bonchev–Trinajstić information content (AvgIpc) is 2.64. The van der Waals surface area contributed by atoms with Crippen molar-refractivity contribution < 1.29 is 0 Å². The fourth-order valence-corrected chi connectivity index (χ4v) is 2.19. The van der Waals surface area contributed by atoms with Gasteiger partial charge in [0.2, 0.25) is 0 Å². The molecule has 1 atom stereocenters. The van der Waals surface area contributed by atoms with Gasteiger partial charge in [0, 0.05) is 17.7 Å². The first kappa shape index (κ1) is 11.3. The number of alkyl halides is 1. The third-order valence-electron chi connectivity index (χ3n) is 2.62. The van der Waals surface area contributed by atoms with Gasteiger partial charge in [0.25, 0.3) is 0 Å². The van der Waals surface area contributed by atoms with Gasteiger partial charge in [-0.05, 0) is 5.92 Å². The summed E-state index contributed by atoms with van der Waals surface area (Å²) in [7, 11) is 0. The van der Waals surface area contributed by atoms with Gasteiger partial charge in [-0.25, -0.2) is 13.9 Å². The van der Waals surface area contributed by atoms with E-state index in [1.54, 1.807) is 18.6 Å². The minimum Gasteiger partial charge on any atom is -0.259 e. The average molecular weight is 285 g/mol. The molecule has 2 rings (SSSR count). The van der Waals surface area contributed by atoms with E-state index in [1.807, 2.05) is 0 Å². The summed E-state index contributed by atoms with van der Waals surface area (Å²) < 4.78 is 3.01. The lowest BCUT2D eigenvalue weighted by molar-refractivity contribution is 0.438. The Balaban J connectivity index is 2.38. The van der Waals surface area contributed by atoms with Gasteiger partial charge in [-0.1, -0.05) is 29.3 Å². The summed E-state index contributed by atoms with van der Waals surface area (Å²) in [6.07, 6.45) is 5.83. The highest BCUT2D eigenvalue weighted by atomic mass is 79.9.